The van der Waals surface area contributed by atoms with Crippen LogP contribution in [0, 0.1) is 17.2 Å². The monoisotopic (exact) mass is 341 g/mol. The molecule has 0 bridgehead atoms. The molecular weight excluding hydrogens is 318 g/mol. The molecule has 0 amide bonds. The highest BCUT2D eigenvalue weighted by atomic mass is 16.5. The summed E-state index contributed by atoms with van der Waals surface area (Å²) in [5.74, 6) is 0.388. The molecule has 2 fully saturated rings. The van der Waals surface area contributed by atoms with Crippen molar-refractivity contribution in [2.45, 2.75) is 57.2 Å². The fourth-order valence-electron chi connectivity index (χ4n) is 4.46. The minimum Gasteiger partial charge on any atom is -0.479 e. The zero-order valence-electron chi connectivity index (χ0n) is 14.3. The van der Waals surface area contributed by atoms with E-state index in [1.54, 1.807) is 0 Å². The largest absolute Gasteiger partial charge is 0.479 e. The number of aliphatic carboxylic acids is 1. The number of nitrogens with zero attached hydrogens (tertiary/aromatic N) is 3. The van der Waals surface area contributed by atoms with E-state index >= 15 is 0 Å². The number of fused-ring (bicyclic) bond motifs is 1. The number of aryl methyl sites for hydroxylation is 2. The maximum Gasteiger partial charge on any atom is 0.332 e. The van der Waals surface area contributed by atoms with Gasteiger partial charge < -0.3 is 14.7 Å². The highest BCUT2D eigenvalue weighted by Gasteiger charge is 2.37. The van der Waals surface area contributed by atoms with E-state index in [9.17, 15) is 10.1 Å². The number of rotatable bonds is 3. The number of pyridine rings is 1. The standard InChI is InChI=1S/C19H23N3O3/c20-11-14-10-13-2-1-3-15(13)21-18(14)22-8-6-12(7-9-22)16-4-5-17(25-16)19(23)24/h10,12,16-17H,1-9H2,(H,23,24)/t16-,17+/m0/s1. The van der Waals surface area contributed by atoms with Crippen LogP contribution < -0.4 is 4.90 Å². The van der Waals surface area contributed by atoms with Gasteiger partial charge in [-0.25, -0.2) is 9.78 Å². The Morgan fingerprint density at radius 2 is 2.08 bits per heavy atom. The third-order valence-electron chi connectivity index (χ3n) is 5.84. The Labute approximate surface area is 147 Å². The van der Waals surface area contributed by atoms with Crippen LogP contribution in [0.5, 0.6) is 0 Å². The van der Waals surface area contributed by atoms with Gasteiger partial charge in [0.15, 0.2) is 6.10 Å². The zero-order valence-corrected chi connectivity index (χ0v) is 14.3. The molecule has 0 aromatic carbocycles. The molecule has 6 heteroatoms. The maximum atomic E-state index is 11.1. The van der Waals surface area contributed by atoms with Gasteiger partial charge in [0.2, 0.25) is 0 Å². The predicted octanol–water partition coefficient (Wildman–Crippen LogP) is 2.29. The number of nitriles is 1. The second-order valence-corrected chi connectivity index (χ2v) is 7.33. The van der Waals surface area contributed by atoms with E-state index in [4.69, 9.17) is 14.8 Å². The van der Waals surface area contributed by atoms with Gasteiger partial charge in [0.1, 0.15) is 11.9 Å². The molecule has 1 aromatic heterocycles. The van der Waals surface area contributed by atoms with E-state index in [0.29, 0.717) is 17.9 Å². The lowest BCUT2D eigenvalue weighted by molar-refractivity contribution is -0.150. The molecule has 0 saturated carbocycles. The molecule has 4 rings (SSSR count). The van der Waals surface area contributed by atoms with Crippen molar-refractivity contribution in [2.75, 3.05) is 18.0 Å². The van der Waals surface area contributed by atoms with Crippen LogP contribution in [0.25, 0.3) is 0 Å². The average molecular weight is 341 g/mol. The summed E-state index contributed by atoms with van der Waals surface area (Å²) in [6.07, 6.45) is 5.97. The van der Waals surface area contributed by atoms with Crippen molar-refractivity contribution < 1.29 is 14.6 Å². The Bertz CT molecular complexity index is 719. The Morgan fingerprint density at radius 3 is 2.76 bits per heavy atom. The van der Waals surface area contributed by atoms with Gasteiger partial charge in [-0.05, 0) is 62.5 Å². The molecule has 132 valence electrons. The Kier molecular flexibility index (Phi) is 4.34. The lowest BCUT2D eigenvalue weighted by Gasteiger charge is -2.35. The Morgan fingerprint density at radius 1 is 1.28 bits per heavy atom. The number of piperidine rings is 1. The van der Waals surface area contributed by atoms with Crippen molar-refractivity contribution in [3.8, 4) is 6.07 Å². The summed E-state index contributed by atoms with van der Waals surface area (Å²) in [5, 5.41) is 18.6. The van der Waals surface area contributed by atoms with E-state index < -0.39 is 12.1 Å². The second-order valence-electron chi connectivity index (χ2n) is 7.33. The predicted molar refractivity (Wildman–Crippen MR) is 91.4 cm³/mol. The first-order valence-electron chi connectivity index (χ1n) is 9.22. The van der Waals surface area contributed by atoms with Crippen molar-refractivity contribution in [1.29, 1.82) is 5.26 Å². The fourth-order valence-corrected chi connectivity index (χ4v) is 4.46. The topological polar surface area (TPSA) is 86.5 Å². The third kappa shape index (κ3) is 3.09. The number of hydrogen-bond donors (Lipinski definition) is 1. The Hall–Kier alpha value is -2.13. The van der Waals surface area contributed by atoms with Crippen molar-refractivity contribution in [1.82, 2.24) is 4.98 Å². The van der Waals surface area contributed by atoms with Crippen LogP contribution in [0.4, 0.5) is 5.82 Å². The van der Waals surface area contributed by atoms with Gasteiger partial charge in [0, 0.05) is 18.8 Å². The van der Waals surface area contributed by atoms with Gasteiger partial charge in [-0.2, -0.15) is 5.26 Å². The van der Waals surface area contributed by atoms with E-state index in [-0.39, 0.29) is 6.10 Å². The van der Waals surface area contributed by atoms with Gasteiger partial charge in [0.25, 0.3) is 0 Å². The van der Waals surface area contributed by atoms with Crippen LogP contribution in [0.3, 0.4) is 0 Å². The van der Waals surface area contributed by atoms with Gasteiger partial charge in [-0.15, -0.1) is 0 Å². The molecule has 25 heavy (non-hydrogen) atoms. The van der Waals surface area contributed by atoms with E-state index in [2.05, 4.69) is 11.0 Å². The number of anilines is 1. The average Bonchev–Trinajstić information content (AvgIpc) is 3.29. The molecule has 6 nitrogen and oxygen atoms in total. The normalized spacial score (nSPS) is 26.4. The molecule has 0 unspecified atom stereocenters. The van der Waals surface area contributed by atoms with Crippen LogP contribution >= 0.6 is 0 Å². The number of carboxylic acid groups (broad SMARTS) is 1. The van der Waals surface area contributed by atoms with Crippen molar-refractivity contribution in [2.24, 2.45) is 5.92 Å². The Balaban J connectivity index is 1.43. The molecule has 1 aliphatic carbocycles. The lowest BCUT2D eigenvalue weighted by Crippen LogP contribution is -2.39. The minimum absolute atomic E-state index is 0.0617. The van der Waals surface area contributed by atoms with Crippen LogP contribution in [0.2, 0.25) is 0 Å². The molecule has 2 atom stereocenters. The van der Waals surface area contributed by atoms with Crippen LogP contribution in [-0.2, 0) is 22.4 Å². The summed E-state index contributed by atoms with van der Waals surface area (Å²) >= 11 is 0. The molecule has 0 radical (unpaired) electrons. The van der Waals surface area contributed by atoms with Crippen molar-refractivity contribution >= 4 is 11.8 Å². The quantitative estimate of drug-likeness (QED) is 0.908. The van der Waals surface area contributed by atoms with Crippen LogP contribution in [0.15, 0.2) is 6.07 Å². The molecule has 3 aliphatic rings. The number of carbonyl (C=O) groups is 1. The maximum absolute atomic E-state index is 11.1. The first kappa shape index (κ1) is 16.3. The number of ether oxygens (including phenoxy) is 1. The van der Waals surface area contributed by atoms with Crippen molar-refractivity contribution in [3.63, 3.8) is 0 Å². The first-order chi connectivity index (χ1) is 12.2. The van der Waals surface area contributed by atoms with Crippen molar-refractivity contribution in [3.05, 3.63) is 22.9 Å². The zero-order chi connectivity index (χ0) is 17.4. The number of hydrogen-bond acceptors (Lipinski definition) is 5. The summed E-state index contributed by atoms with van der Waals surface area (Å²) in [7, 11) is 0. The molecule has 1 N–H and O–H groups in total. The summed E-state index contributed by atoms with van der Waals surface area (Å²) in [4.78, 5) is 18.1. The van der Waals surface area contributed by atoms with Gasteiger partial charge in [0.05, 0.1) is 11.7 Å². The summed E-state index contributed by atoms with van der Waals surface area (Å²) in [6.45, 7) is 1.70. The third-order valence-corrected chi connectivity index (χ3v) is 5.84. The molecule has 2 aliphatic heterocycles. The van der Waals surface area contributed by atoms with Gasteiger partial charge >= 0.3 is 5.97 Å². The number of carboxylic acids is 1. The fraction of sp³-hybridized carbons (Fsp3) is 0.632. The van der Waals surface area contributed by atoms with E-state index in [1.807, 2.05) is 6.07 Å². The highest BCUT2D eigenvalue weighted by Crippen LogP contribution is 2.34. The van der Waals surface area contributed by atoms with E-state index in [1.165, 1.54) is 5.56 Å². The molecule has 0 spiro atoms. The van der Waals surface area contributed by atoms with E-state index in [0.717, 1.165) is 63.1 Å². The summed E-state index contributed by atoms with van der Waals surface area (Å²) in [5.41, 5.74) is 3.07. The molecule has 2 saturated heterocycles. The summed E-state index contributed by atoms with van der Waals surface area (Å²) < 4.78 is 5.72. The molecule has 3 heterocycles. The first-order valence-corrected chi connectivity index (χ1v) is 9.22. The smallest absolute Gasteiger partial charge is 0.332 e. The van der Waals surface area contributed by atoms with Crippen LogP contribution in [-0.4, -0.2) is 41.4 Å². The second kappa shape index (κ2) is 6.64. The SMILES string of the molecule is N#Cc1cc2c(nc1N1CCC([C@@H]3CC[C@H](C(=O)O)O3)CC1)CCC2. The number of aromatic nitrogens is 1. The summed E-state index contributed by atoms with van der Waals surface area (Å²) in [6, 6.07) is 4.34. The molecule has 1 aromatic rings. The highest BCUT2D eigenvalue weighted by molar-refractivity contribution is 5.72. The molecular formula is C19H23N3O3. The van der Waals surface area contributed by atoms with Gasteiger partial charge in [-0.1, -0.05) is 0 Å². The van der Waals surface area contributed by atoms with Crippen LogP contribution in [0.1, 0.15) is 48.9 Å². The minimum atomic E-state index is -0.846. The lowest BCUT2D eigenvalue weighted by atomic mass is 9.89. The van der Waals surface area contributed by atoms with Gasteiger partial charge in [-0.3, -0.25) is 0 Å².